The Morgan fingerprint density at radius 2 is 1.50 bits per heavy atom. The van der Waals surface area contributed by atoms with Crippen LogP contribution < -0.4 is 5.32 Å². The highest BCUT2D eigenvalue weighted by molar-refractivity contribution is 7.64. The van der Waals surface area contributed by atoms with Crippen molar-refractivity contribution in [1.29, 1.82) is 0 Å². The fraction of sp³-hybridized carbons (Fsp3) is 0.333. The first kappa shape index (κ1) is 13.9. The summed E-state index contributed by atoms with van der Waals surface area (Å²) in [6, 6.07) is 9.18. The molecule has 0 aliphatic heterocycles. The summed E-state index contributed by atoms with van der Waals surface area (Å²) in [5.41, 5.74) is -0.124. The molecule has 0 radical (unpaired) electrons. The minimum Gasteiger partial charge on any atom is -0.349 e. The fourth-order valence-electron chi connectivity index (χ4n) is 1.29. The fourth-order valence-corrected chi connectivity index (χ4v) is 2.74. The lowest BCUT2D eigenvalue weighted by atomic mass is 10.1. The first-order valence-electron chi connectivity index (χ1n) is 4.67. The predicted octanol–water partition coefficient (Wildman–Crippen LogP) is 1.21. The summed E-state index contributed by atoms with van der Waals surface area (Å²) in [6.07, 6.45) is 0. The third kappa shape index (κ3) is 4.04. The van der Waals surface area contributed by atoms with E-state index in [1.165, 1.54) is 0 Å². The van der Waals surface area contributed by atoms with Crippen LogP contribution in [0.4, 0.5) is 0 Å². The quantitative estimate of drug-likeness (QED) is 0.515. The average Bonchev–Trinajstić information content (AvgIpc) is 2.25. The molecular weight excluding hydrogens is 248 g/mol. The number of hydrogen-bond acceptors (Lipinski definition) is 5. The Labute approximate surface area is 96.6 Å². The molecule has 0 fully saturated rings. The molecule has 1 aromatic rings. The van der Waals surface area contributed by atoms with Crippen LogP contribution in [0.2, 0.25) is 0 Å². The van der Waals surface area contributed by atoms with Crippen LogP contribution in [0.1, 0.15) is 18.5 Å². The second-order valence-corrected chi connectivity index (χ2v) is 6.04. The number of rotatable bonds is 5. The third-order valence-corrected chi connectivity index (χ3v) is 4.55. The molecule has 5 N–H and O–H groups in total. The monoisotopic (exact) mass is 263 g/mol. The molecule has 5 nitrogen and oxygen atoms in total. The lowest BCUT2D eigenvalue weighted by molar-refractivity contribution is 0.422. The summed E-state index contributed by atoms with van der Waals surface area (Å²) in [7, 11) is -4.82. The van der Waals surface area contributed by atoms with Crippen LogP contribution in [0, 0.1) is 0 Å². The molecule has 0 saturated carbocycles. The van der Waals surface area contributed by atoms with Crippen LogP contribution >= 0.6 is 16.8 Å². The Bertz CT molecular complexity index is 302. The van der Waals surface area contributed by atoms with Gasteiger partial charge in [0.05, 0.1) is 0 Å². The van der Waals surface area contributed by atoms with Gasteiger partial charge in [-0.3, -0.25) is 5.32 Å². The maximum atomic E-state index is 9.03. The molecule has 0 aliphatic carbocycles. The largest absolute Gasteiger partial charge is 0.349 e. The first-order chi connectivity index (χ1) is 7.52. The van der Waals surface area contributed by atoms with Gasteiger partial charge in [0.15, 0.2) is 16.8 Å². The number of hydrogen-bond donors (Lipinski definition) is 5. The van der Waals surface area contributed by atoms with Crippen molar-refractivity contribution in [3.05, 3.63) is 35.9 Å². The SMILES string of the molecule is CC(NC(P(O)O)P(O)O)c1ccccc1. The zero-order valence-electron chi connectivity index (χ0n) is 8.72. The molecule has 0 aromatic heterocycles. The van der Waals surface area contributed by atoms with E-state index in [9.17, 15) is 0 Å². The zero-order valence-corrected chi connectivity index (χ0v) is 10.5. The van der Waals surface area contributed by atoms with Crippen LogP contribution in [0.25, 0.3) is 0 Å². The zero-order chi connectivity index (χ0) is 12.1. The van der Waals surface area contributed by atoms with Gasteiger partial charge >= 0.3 is 0 Å². The van der Waals surface area contributed by atoms with E-state index in [4.69, 9.17) is 19.6 Å². The summed E-state index contributed by atoms with van der Waals surface area (Å²) in [4.78, 5) is 36.1. The van der Waals surface area contributed by atoms with Gasteiger partial charge in [-0.25, -0.2) is 0 Å². The molecule has 1 aromatic carbocycles. The molecular formula is C9H15NO4P2. The molecule has 90 valence electrons. The molecule has 0 spiro atoms. The molecule has 0 bridgehead atoms. The van der Waals surface area contributed by atoms with E-state index in [2.05, 4.69) is 5.32 Å². The molecule has 16 heavy (non-hydrogen) atoms. The Kier molecular flexibility index (Phi) is 5.73. The summed E-state index contributed by atoms with van der Waals surface area (Å²) >= 11 is 0. The van der Waals surface area contributed by atoms with E-state index in [0.717, 1.165) is 5.56 Å². The standard InChI is InChI=1S/C9H15NO4P2/c1-7(8-5-3-2-4-6-8)10-9(15(11)12)16(13)14/h2-7,9-14H,1H3. The lowest BCUT2D eigenvalue weighted by Gasteiger charge is -2.24. The van der Waals surface area contributed by atoms with Crippen molar-refractivity contribution in [3.63, 3.8) is 0 Å². The topological polar surface area (TPSA) is 93.0 Å². The second-order valence-electron chi connectivity index (χ2n) is 3.31. The predicted molar refractivity (Wildman–Crippen MR) is 64.5 cm³/mol. The normalized spacial score (nSPS) is 13.8. The molecule has 7 heteroatoms. The molecule has 1 unspecified atom stereocenters. The maximum absolute atomic E-state index is 9.03. The average molecular weight is 263 g/mol. The van der Waals surface area contributed by atoms with Crippen molar-refractivity contribution < 1.29 is 19.6 Å². The van der Waals surface area contributed by atoms with Crippen LogP contribution in [-0.4, -0.2) is 25.1 Å². The van der Waals surface area contributed by atoms with Crippen molar-refractivity contribution in [2.24, 2.45) is 0 Å². The van der Waals surface area contributed by atoms with Gasteiger partial charge in [0.25, 0.3) is 0 Å². The van der Waals surface area contributed by atoms with Crippen LogP contribution in [0.15, 0.2) is 30.3 Å². The first-order valence-corrected chi connectivity index (χ1v) is 7.30. The second kappa shape index (κ2) is 6.58. The summed E-state index contributed by atoms with van der Waals surface area (Å²) in [6.45, 7) is 1.82. The highest BCUT2D eigenvalue weighted by atomic mass is 31.2. The smallest absolute Gasteiger partial charge is 0.193 e. The van der Waals surface area contributed by atoms with Gasteiger partial charge in [-0.15, -0.1) is 0 Å². The van der Waals surface area contributed by atoms with Gasteiger partial charge < -0.3 is 19.6 Å². The Hall–Kier alpha value is -0.120. The van der Waals surface area contributed by atoms with Crippen molar-refractivity contribution in [2.45, 2.75) is 18.5 Å². The summed E-state index contributed by atoms with van der Waals surface area (Å²) < 4.78 is 0. The molecule has 1 atom stereocenters. The molecule has 1 rings (SSSR count). The Morgan fingerprint density at radius 1 is 1.00 bits per heavy atom. The maximum Gasteiger partial charge on any atom is 0.193 e. The van der Waals surface area contributed by atoms with E-state index in [1.54, 1.807) is 0 Å². The minimum absolute atomic E-state index is 0.181. The number of benzene rings is 1. The minimum atomic E-state index is -2.41. The van der Waals surface area contributed by atoms with Gasteiger partial charge in [-0.05, 0) is 12.5 Å². The van der Waals surface area contributed by atoms with E-state index < -0.39 is 22.3 Å². The summed E-state index contributed by atoms with van der Waals surface area (Å²) in [5, 5.41) is 2.79. The highest BCUT2D eigenvalue weighted by Crippen LogP contribution is 2.48. The third-order valence-electron chi connectivity index (χ3n) is 2.14. The van der Waals surface area contributed by atoms with Crippen molar-refractivity contribution in [1.82, 2.24) is 5.32 Å². The van der Waals surface area contributed by atoms with Gasteiger partial charge in [-0.1, -0.05) is 30.3 Å². The van der Waals surface area contributed by atoms with Gasteiger partial charge in [-0.2, -0.15) is 0 Å². The highest BCUT2D eigenvalue weighted by Gasteiger charge is 2.27. The van der Waals surface area contributed by atoms with E-state index in [1.807, 2.05) is 37.3 Å². The van der Waals surface area contributed by atoms with Crippen LogP contribution in [0.5, 0.6) is 0 Å². The Balaban J connectivity index is 2.65. The van der Waals surface area contributed by atoms with E-state index >= 15 is 0 Å². The molecule has 0 aliphatic rings. The van der Waals surface area contributed by atoms with E-state index in [-0.39, 0.29) is 6.04 Å². The van der Waals surface area contributed by atoms with Crippen molar-refractivity contribution in [2.75, 3.05) is 0 Å². The number of nitrogens with one attached hydrogen (secondary N) is 1. The van der Waals surface area contributed by atoms with Crippen molar-refractivity contribution >= 4 is 16.8 Å². The van der Waals surface area contributed by atoms with Crippen LogP contribution in [-0.2, 0) is 0 Å². The van der Waals surface area contributed by atoms with Crippen LogP contribution in [0.3, 0.4) is 0 Å². The van der Waals surface area contributed by atoms with E-state index in [0.29, 0.717) is 0 Å². The molecule has 0 amide bonds. The Morgan fingerprint density at radius 3 is 1.94 bits per heavy atom. The van der Waals surface area contributed by atoms with Gasteiger partial charge in [0.1, 0.15) is 5.52 Å². The summed E-state index contributed by atoms with van der Waals surface area (Å²) in [5.74, 6) is 0. The molecule has 0 heterocycles. The molecule has 0 saturated heterocycles. The lowest BCUT2D eigenvalue weighted by Crippen LogP contribution is -2.28. The van der Waals surface area contributed by atoms with Gasteiger partial charge in [0, 0.05) is 6.04 Å². The van der Waals surface area contributed by atoms with Gasteiger partial charge in [0.2, 0.25) is 0 Å². The van der Waals surface area contributed by atoms with Crippen molar-refractivity contribution in [3.8, 4) is 0 Å².